The van der Waals surface area contributed by atoms with Crippen LogP contribution in [-0.2, 0) is 13.6 Å². The third kappa shape index (κ3) is 3.44. The van der Waals surface area contributed by atoms with Crippen LogP contribution in [0, 0.1) is 17.8 Å². The van der Waals surface area contributed by atoms with E-state index in [4.69, 9.17) is 0 Å². The van der Waals surface area contributed by atoms with Gasteiger partial charge in [0.15, 0.2) is 0 Å². The molecule has 2 saturated heterocycles. The van der Waals surface area contributed by atoms with Crippen LogP contribution < -0.4 is 5.32 Å². The summed E-state index contributed by atoms with van der Waals surface area (Å²) in [5.41, 5.74) is 1.14. The zero-order valence-electron chi connectivity index (χ0n) is 16.7. The molecule has 1 aromatic heterocycles. The van der Waals surface area contributed by atoms with E-state index in [0.717, 1.165) is 31.9 Å². The predicted molar refractivity (Wildman–Crippen MR) is 107 cm³/mol. The molecule has 4 atom stereocenters. The molecule has 2 aliphatic rings. The van der Waals surface area contributed by atoms with Gasteiger partial charge in [-0.25, -0.2) is 4.98 Å². The van der Waals surface area contributed by atoms with Crippen molar-refractivity contribution in [2.75, 3.05) is 19.7 Å². The number of aliphatic hydroxyl groups excluding tert-OH is 1. The van der Waals surface area contributed by atoms with Crippen LogP contribution in [0.15, 0.2) is 42.7 Å². The molecule has 0 amide bonds. The van der Waals surface area contributed by atoms with Gasteiger partial charge in [-0.05, 0) is 23.8 Å². The Labute approximate surface area is 162 Å². The minimum Gasteiger partial charge on any atom is -0.394 e. The summed E-state index contributed by atoms with van der Waals surface area (Å²) in [4.78, 5) is 7.21. The summed E-state index contributed by atoms with van der Waals surface area (Å²) in [5.74, 6) is 2.54. The van der Waals surface area contributed by atoms with E-state index in [0.29, 0.717) is 17.8 Å². The van der Waals surface area contributed by atoms with Crippen molar-refractivity contribution in [2.45, 2.75) is 38.4 Å². The summed E-state index contributed by atoms with van der Waals surface area (Å²) >= 11 is 0. The van der Waals surface area contributed by atoms with Gasteiger partial charge in [0.1, 0.15) is 5.82 Å². The minimum atomic E-state index is -0.221. The van der Waals surface area contributed by atoms with E-state index in [1.165, 1.54) is 5.56 Å². The third-order valence-electron chi connectivity index (χ3n) is 6.46. The standard InChI is InChI=1S/C22H32N4O/c1-16(2)11-22(15-27)19-14-26(12-17-7-5-4-6-8-17)13-18(19)20(24-22)21-23-9-10-25(21)3/h4-10,16,18-20,24,27H,11-15H2,1-3H3/t18-,19+,20+,22+/m0/s1. The Hall–Kier alpha value is -1.69. The van der Waals surface area contributed by atoms with E-state index >= 15 is 0 Å². The number of aliphatic hydroxyl groups is 1. The Bertz CT molecular complexity index is 759. The van der Waals surface area contributed by atoms with Crippen LogP contribution in [0.1, 0.15) is 37.7 Å². The van der Waals surface area contributed by atoms with Crippen molar-refractivity contribution in [1.82, 2.24) is 19.8 Å². The summed E-state index contributed by atoms with van der Waals surface area (Å²) in [7, 11) is 2.07. The van der Waals surface area contributed by atoms with Crippen LogP contribution >= 0.6 is 0 Å². The molecule has 2 aromatic rings. The van der Waals surface area contributed by atoms with E-state index in [2.05, 4.69) is 71.0 Å². The number of aromatic nitrogens is 2. The second-order valence-corrected chi connectivity index (χ2v) is 8.88. The zero-order chi connectivity index (χ0) is 19.0. The van der Waals surface area contributed by atoms with Crippen LogP contribution in [0.4, 0.5) is 0 Å². The molecular formula is C22H32N4O. The van der Waals surface area contributed by atoms with Crippen molar-refractivity contribution in [2.24, 2.45) is 24.8 Å². The maximum atomic E-state index is 10.5. The first-order valence-corrected chi connectivity index (χ1v) is 10.1. The lowest BCUT2D eigenvalue weighted by molar-refractivity contribution is 0.106. The molecule has 0 saturated carbocycles. The van der Waals surface area contributed by atoms with E-state index in [-0.39, 0.29) is 18.2 Å². The molecule has 27 heavy (non-hydrogen) atoms. The second-order valence-electron chi connectivity index (χ2n) is 8.88. The van der Waals surface area contributed by atoms with Crippen molar-refractivity contribution in [3.8, 4) is 0 Å². The van der Waals surface area contributed by atoms with Gasteiger partial charge in [0.2, 0.25) is 0 Å². The monoisotopic (exact) mass is 368 g/mol. The molecule has 0 unspecified atom stereocenters. The Morgan fingerprint density at radius 3 is 2.67 bits per heavy atom. The van der Waals surface area contributed by atoms with Crippen LogP contribution in [0.5, 0.6) is 0 Å². The van der Waals surface area contributed by atoms with Gasteiger partial charge in [-0.2, -0.15) is 0 Å². The molecule has 5 heteroatoms. The smallest absolute Gasteiger partial charge is 0.125 e. The number of fused-ring (bicyclic) bond motifs is 1. The fourth-order valence-corrected chi connectivity index (χ4v) is 5.43. The summed E-state index contributed by atoms with van der Waals surface area (Å²) < 4.78 is 2.12. The maximum Gasteiger partial charge on any atom is 0.125 e. The molecule has 0 bridgehead atoms. The number of benzene rings is 1. The van der Waals surface area contributed by atoms with Crippen LogP contribution in [0.3, 0.4) is 0 Å². The van der Waals surface area contributed by atoms with Gasteiger partial charge in [-0.3, -0.25) is 10.2 Å². The average molecular weight is 369 g/mol. The number of aryl methyl sites for hydroxylation is 1. The lowest BCUT2D eigenvalue weighted by Crippen LogP contribution is -2.51. The number of hydrogen-bond donors (Lipinski definition) is 2. The molecule has 3 heterocycles. The summed E-state index contributed by atoms with van der Waals surface area (Å²) in [5, 5.41) is 14.3. The summed E-state index contributed by atoms with van der Waals surface area (Å²) in [6.45, 7) is 7.74. The van der Waals surface area contributed by atoms with Gasteiger partial charge in [0.25, 0.3) is 0 Å². The van der Waals surface area contributed by atoms with E-state index in [1.54, 1.807) is 0 Å². The fraction of sp³-hybridized carbons (Fsp3) is 0.591. The largest absolute Gasteiger partial charge is 0.394 e. The molecule has 5 nitrogen and oxygen atoms in total. The molecular weight excluding hydrogens is 336 g/mol. The molecule has 2 fully saturated rings. The number of rotatable bonds is 6. The van der Waals surface area contributed by atoms with Gasteiger partial charge in [0.05, 0.1) is 12.6 Å². The molecule has 0 spiro atoms. The van der Waals surface area contributed by atoms with Crippen molar-refractivity contribution < 1.29 is 5.11 Å². The minimum absolute atomic E-state index is 0.187. The first-order valence-electron chi connectivity index (χ1n) is 10.1. The maximum absolute atomic E-state index is 10.5. The van der Waals surface area contributed by atoms with Crippen LogP contribution in [0.25, 0.3) is 0 Å². The number of nitrogens with one attached hydrogen (secondary N) is 1. The van der Waals surface area contributed by atoms with Gasteiger partial charge < -0.3 is 9.67 Å². The Balaban J connectivity index is 1.62. The highest BCUT2D eigenvalue weighted by atomic mass is 16.3. The number of nitrogens with zero attached hydrogens (tertiary/aromatic N) is 3. The van der Waals surface area contributed by atoms with Gasteiger partial charge >= 0.3 is 0 Å². The third-order valence-corrected chi connectivity index (χ3v) is 6.46. The topological polar surface area (TPSA) is 53.3 Å². The highest BCUT2D eigenvalue weighted by Gasteiger charge is 2.57. The Morgan fingerprint density at radius 1 is 1.26 bits per heavy atom. The molecule has 4 rings (SSSR count). The van der Waals surface area contributed by atoms with Gasteiger partial charge in [0, 0.05) is 50.5 Å². The zero-order valence-corrected chi connectivity index (χ0v) is 16.7. The molecule has 0 radical (unpaired) electrons. The van der Waals surface area contributed by atoms with E-state index in [9.17, 15) is 5.11 Å². The first-order chi connectivity index (χ1) is 13.0. The van der Waals surface area contributed by atoms with Crippen molar-refractivity contribution in [3.63, 3.8) is 0 Å². The highest BCUT2D eigenvalue weighted by molar-refractivity contribution is 5.19. The molecule has 146 valence electrons. The molecule has 2 aliphatic heterocycles. The summed E-state index contributed by atoms with van der Waals surface area (Å²) in [6.07, 6.45) is 4.89. The Kier molecular flexibility index (Phi) is 5.10. The average Bonchev–Trinajstić information content (AvgIpc) is 3.32. The van der Waals surface area contributed by atoms with E-state index in [1.807, 2.05) is 12.4 Å². The van der Waals surface area contributed by atoms with Crippen molar-refractivity contribution in [3.05, 3.63) is 54.1 Å². The lowest BCUT2D eigenvalue weighted by atomic mass is 9.77. The lowest BCUT2D eigenvalue weighted by Gasteiger charge is -2.36. The second kappa shape index (κ2) is 7.38. The number of likely N-dealkylation sites (tertiary alicyclic amines) is 1. The molecule has 2 N–H and O–H groups in total. The SMILES string of the molecule is CC(C)C[C@]1(CO)N[C@@H](c2nccn2C)[C@H]2CN(Cc3ccccc3)C[C@H]21. The normalized spacial score (nSPS) is 30.9. The Morgan fingerprint density at radius 2 is 2.04 bits per heavy atom. The number of hydrogen-bond acceptors (Lipinski definition) is 4. The van der Waals surface area contributed by atoms with E-state index < -0.39 is 0 Å². The summed E-state index contributed by atoms with van der Waals surface area (Å²) in [6, 6.07) is 10.9. The van der Waals surface area contributed by atoms with Gasteiger partial charge in [-0.15, -0.1) is 0 Å². The van der Waals surface area contributed by atoms with Gasteiger partial charge in [-0.1, -0.05) is 44.2 Å². The van der Waals surface area contributed by atoms with Crippen LogP contribution in [0.2, 0.25) is 0 Å². The molecule has 0 aliphatic carbocycles. The molecule has 1 aromatic carbocycles. The van der Waals surface area contributed by atoms with Crippen molar-refractivity contribution >= 4 is 0 Å². The fourth-order valence-electron chi connectivity index (χ4n) is 5.43. The quantitative estimate of drug-likeness (QED) is 0.823. The first kappa shape index (κ1) is 18.7. The predicted octanol–water partition coefficient (Wildman–Crippen LogP) is 2.59. The van der Waals surface area contributed by atoms with Crippen molar-refractivity contribution in [1.29, 1.82) is 0 Å². The highest BCUT2D eigenvalue weighted by Crippen LogP contribution is 2.49. The number of imidazole rings is 1. The van der Waals surface area contributed by atoms with Crippen LogP contribution in [-0.4, -0.2) is 44.8 Å².